The molecule has 21 heavy (non-hydrogen) atoms. The van der Waals surface area contributed by atoms with E-state index in [1.54, 1.807) is 0 Å². The zero-order chi connectivity index (χ0) is 14.8. The highest BCUT2D eigenvalue weighted by Crippen LogP contribution is 2.63. The van der Waals surface area contributed by atoms with E-state index in [4.69, 9.17) is 0 Å². The van der Waals surface area contributed by atoms with E-state index in [1.165, 1.54) is 12.8 Å². The quantitative estimate of drug-likeness (QED) is 0.671. The zero-order valence-electron chi connectivity index (χ0n) is 13.2. The van der Waals surface area contributed by atoms with Gasteiger partial charge in [-0.15, -0.1) is 0 Å². The van der Waals surface area contributed by atoms with Crippen LogP contribution in [0.5, 0.6) is 0 Å². The fraction of sp³-hybridized carbons (Fsp3) is 0.789. The van der Waals surface area contributed by atoms with Gasteiger partial charge in [-0.1, -0.05) is 38.2 Å². The Labute approximate surface area is 127 Å². The molecular weight excluding hydrogens is 260 g/mol. The summed E-state index contributed by atoms with van der Waals surface area (Å²) in [7, 11) is 0. The molecule has 2 heteroatoms. The van der Waals surface area contributed by atoms with Gasteiger partial charge in [-0.2, -0.15) is 0 Å². The van der Waals surface area contributed by atoms with Crippen molar-refractivity contribution < 1.29 is 10.2 Å². The van der Waals surface area contributed by atoms with Crippen LogP contribution >= 0.6 is 0 Å². The minimum absolute atomic E-state index is 0.105. The largest absolute Gasteiger partial charge is 0.393 e. The minimum atomic E-state index is -0.272. The maximum Gasteiger partial charge on any atom is 0.0727 e. The summed E-state index contributed by atoms with van der Waals surface area (Å²) >= 11 is 0. The van der Waals surface area contributed by atoms with Crippen molar-refractivity contribution in [3.05, 3.63) is 24.3 Å². The molecule has 2 saturated carbocycles. The molecule has 0 spiro atoms. The van der Waals surface area contributed by atoms with Gasteiger partial charge in [0.05, 0.1) is 12.2 Å². The van der Waals surface area contributed by atoms with E-state index in [9.17, 15) is 10.2 Å². The lowest BCUT2D eigenvalue weighted by Gasteiger charge is -2.56. The van der Waals surface area contributed by atoms with Gasteiger partial charge in [-0.05, 0) is 66.6 Å². The molecule has 0 radical (unpaired) electrons. The molecule has 116 valence electrons. The summed E-state index contributed by atoms with van der Waals surface area (Å²) in [5.41, 5.74) is 0.333. The third-order valence-electron chi connectivity index (χ3n) is 7.62. The zero-order valence-corrected chi connectivity index (χ0v) is 13.2. The SMILES string of the molecule is C[C@]12CC[C@H]3[C@@H](C=CC4C[C@H](O)C=C[C@@]43C)[C@@H]1CC[C@@H]2O. The van der Waals surface area contributed by atoms with E-state index in [-0.39, 0.29) is 23.0 Å². The number of fused-ring (bicyclic) bond motifs is 5. The van der Waals surface area contributed by atoms with Crippen molar-refractivity contribution in [2.45, 2.75) is 58.2 Å². The standard InChI is InChI=1S/C19H28O2/c1-18-9-7-13(20)11-12(18)3-4-14-15-5-6-17(21)19(15,2)10-8-16(14)18/h3-4,7,9,12-17,20-21H,5-6,8,10-11H2,1-2H3/t12?,13-,14+,15+,16+,17+,18+,19+/m1/s1. The normalized spacial score (nSPS) is 58.5. The molecule has 0 aromatic heterocycles. The molecule has 2 nitrogen and oxygen atoms in total. The van der Waals surface area contributed by atoms with Crippen LogP contribution < -0.4 is 0 Å². The van der Waals surface area contributed by atoms with Gasteiger partial charge in [-0.3, -0.25) is 0 Å². The summed E-state index contributed by atoms with van der Waals surface area (Å²) in [5.74, 6) is 2.41. The minimum Gasteiger partial charge on any atom is -0.393 e. The fourth-order valence-electron chi connectivity index (χ4n) is 6.14. The number of rotatable bonds is 0. The molecule has 8 atom stereocenters. The maximum absolute atomic E-state index is 10.4. The highest BCUT2D eigenvalue weighted by atomic mass is 16.3. The molecule has 0 amide bonds. The van der Waals surface area contributed by atoms with Gasteiger partial charge in [0.2, 0.25) is 0 Å². The Hall–Kier alpha value is -0.600. The number of allylic oxidation sites excluding steroid dienone is 3. The molecular formula is C19H28O2. The molecule has 0 bridgehead atoms. The van der Waals surface area contributed by atoms with Crippen molar-refractivity contribution in [1.29, 1.82) is 0 Å². The van der Waals surface area contributed by atoms with E-state index >= 15 is 0 Å². The van der Waals surface area contributed by atoms with Crippen molar-refractivity contribution in [1.82, 2.24) is 0 Å². The summed E-state index contributed by atoms with van der Waals surface area (Å²) in [6.45, 7) is 4.71. The van der Waals surface area contributed by atoms with Gasteiger partial charge in [0.25, 0.3) is 0 Å². The first-order valence-electron chi connectivity index (χ1n) is 8.69. The van der Waals surface area contributed by atoms with Gasteiger partial charge in [0.15, 0.2) is 0 Å². The fourth-order valence-corrected chi connectivity index (χ4v) is 6.14. The summed E-state index contributed by atoms with van der Waals surface area (Å²) in [6, 6.07) is 0. The number of hydrogen-bond acceptors (Lipinski definition) is 2. The first-order chi connectivity index (χ1) is 9.95. The van der Waals surface area contributed by atoms with Crippen molar-refractivity contribution in [2.75, 3.05) is 0 Å². The van der Waals surface area contributed by atoms with E-state index in [0.29, 0.717) is 23.7 Å². The van der Waals surface area contributed by atoms with E-state index in [0.717, 1.165) is 19.3 Å². The highest BCUT2D eigenvalue weighted by Gasteiger charge is 2.58. The lowest BCUT2D eigenvalue weighted by atomic mass is 9.48. The molecule has 0 aromatic rings. The molecule has 2 fully saturated rings. The van der Waals surface area contributed by atoms with Crippen molar-refractivity contribution >= 4 is 0 Å². The topological polar surface area (TPSA) is 40.5 Å². The number of aliphatic hydroxyl groups excluding tert-OH is 2. The molecule has 0 aromatic carbocycles. The van der Waals surface area contributed by atoms with Gasteiger partial charge < -0.3 is 10.2 Å². The molecule has 4 aliphatic rings. The molecule has 0 aliphatic heterocycles. The number of hydrogen-bond donors (Lipinski definition) is 2. The average molecular weight is 288 g/mol. The van der Waals surface area contributed by atoms with Crippen LogP contribution in [0, 0.1) is 34.5 Å². The Morgan fingerprint density at radius 3 is 2.57 bits per heavy atom. The Morgan fingerprint density at radius 2 is 1.76 bits per heavy atom. The van der Waals surface area contributed by atoms with Gasteiger partial charge in [0, 0.05) is 0 Å². The second kappa shape index (κ2) is 4.45. The lowest BCUT2D eigenvalue weighted by molar-refractivity contribution is -0.0584. The van der Waals surface area contributed by atoms with Gasteiger partial charge in [-0.25, -0.2) is 0 Å². The van der Waals surface area contributed by atoms with Crippen LogP contribution in [-0.4, -0.2) is 22.4 Å². The first-order valence-corrected chi connectivity index (χ1v) is 8.69. The molecule has 2 N–H and O–H groups in total. The number of aliphatic hydroxyl groups is 2. The lowest BCUT2D eigenvalue weighted by Crippen LogP contribution is -2.51. The summed E-state index contributed by atoms with van der Waals surface area (Å²) in [4.78, 5) is 0. The van der Waals surface area contributed by atoms with E-state index < -0.39 is 0 Å². The predicted octanol–water partition coefficient (Wildman–Crippen LogP) is 3.30. The Bertz CT molecular complexity index is 496. The Kier molecular flexibility index (Phi) is 2.97. The summed E-state index contributed by atoms with van der Waals surface area (Å²) in [6.07, 6.45) is 14.2. The van der Waals surface area contributed by atoms with Crippen molar-refractivity contribution in [3.8, 4) is 0 Å². The Balaban J connectivity index is 1.71. The van der Waals surface area contributed by atoms with Crippen LogP contribution in [0.15, 0.2) is 24.3 Å². The molecule has 0 heterocycles. The monoisotopic (exact) mass is 288 g/mol. The molecule has 4 rings (SSSR count). The van der Waals surface area contributed by atoms with Crippen molar-refractivity contribution in [3.63, 3.8) is 0 Å². The second-order valence-corrected chi connectivity index (χ2v) is 8.45. The average Bonchev–Trinajstić information content (AvgIpc) is 2.76. The third-order valence-corrected chi connectivity index (χ3v) is 7.62. The smallest absolute Gasteiger partial charge is 0.0727 e. The highest BCUT2D eigenvalue weighted by molar-refractivity contribution is 5.24. The predicted molar refractivity (Wildman–Crippen MR) is 83.6 cm³/mol. The first kappa shape index (κ1) is 14.0. The van der Waals surface area contributed by atoms with Gasteiger partial charge in [0.1, 0.15) is 0 Å². The maximum atomic E-state index is 10.4. The summed E-state index contributed by atoms with van der Waals surface area (Å²) in [5, 5.41) is 20.4. The van der Waals surface area contributed by atoms with E-state index in [1.807, 2.05) is 6.08 Å². The summed E-state index contributed by atoms with van der Waals surface area (Å²) < 4.78 is 0. The molecule has 0 saturated heterocycles. The van der Waals surface area contributed by atoms with Gasteiger partial charge >= 0.3 is 0 Å². The van der Waals surface area contributed by atoms with Crippen LogP contribution in [0.4, 0.5) is 0 Å². The second-order valence-electron chi connectivity index (χ2n) is 8.45. The molecule has 4 aliphatic carbocycles. The van der Waals surface area contributed by atoms with Crippen LogP contribution in [0.2, 0.25) is 0 Å². The van der Waals surface area contributed by atoms with Crippen molar-refractivity contribution in [2.24, 2.45) is 34.5 Å². The van der Waals surface area contributed by atoms with Crippen LogP contribution in [0.3, 0.4) is 0 Å². The Morgan fingerprint density at radius 1 is 0.952 bits per heavy atom. The van der Waals surface area contributed by atoms with Crippen LogP contribution in [-0.2, 0) is 0 Å². The molecule has 1 unspecified atom stereocenters. The third kappa shape index (κ3) is 1.78. The van der Waals surface area contributed by atoms with Crippen LogP contribution in [0.25, 0.3) is 0 Å². The van der Waals surface area contributed by atoms with E-state index in [2.05, 4.69) is 32.1 Å². The van der Waals surface area contributed by atoms with Crippen LogP contribution in [0.1, 0.15) is 46.0 Å².